The molecule has 5 atom stereocenters. The fraction of sp³-hybridized carbons (Fsp3) is 1.00. The lowest BCUT2D eigenvalue weighted by Crippen LogP contribution is -2.62. The first-order valence-corrected chi connectivity index (χ1v) is 8.11. The van der Waals surface area contributed by atoms with Crippen molar-refractivity contribution in [1.29, 1.82) is 0 Å². The Hall–Kier alpha value is -0.120. The van der Waals surface area contributed by atoms with Crippen LogP contribution in [0.3, 0.4) is 0 Å². The van der Waals surface area contributed by atoms with Gasteiger partial charge in [-0.2, -0.15) is 0 Å². The maximum atomic E-state index is 9.39. The highest BCUT2D eigenvalue weighted by atomic mass is 16.5. The van der Waals surface area contributed by atoms with Gasteiger partial charge in [-0.05, 0) is 51.0 Å². The highest BCUT2D eigenvalue weighted by Crippen LogP contribution is 2.46. The smallest absolute Gasteiger partial charge is 0.0658 e. The first-order valence-electron chi connectivity index (χ1n) is 8.11. The Morgan fingerprint density at radius 3 is 2.63 bits per heavy atom. The molecule has 0 radical (unpaired) electrons. The summed E-state index contributed by atoms with van der Waals surface area (Å²) in [5.41, 5.74) is 0.295. The van der Waals surface area contributed by atoms with Crippen molar-refractivity contribution in [1.82, 2.24) is 5.32 Å². The Kier molecular flexibility index (Phi) is 5.27. The van der Waals surface area contributed by atoms with Gasteiger partial charge in [-0.15, -0.1) is 0 Å². The number of aliphatic hydroxyl groups excluding tert-OH is 1. The molecule has 19 heavy (non-hydrogen) atoms. The van der Waals surface area contributed by atoms with Gasteiger partial charge in [-0.1, -0.05) is 20.3 Å². The Morgan fingerprint density at radius 1 is 1.26 bits per heavy atom. The Bertz CT molecular complexity index is 284. The van der Waals surface area contributed by atoms with Crippen LogP contribution in [0.1, 0.15) is 52.9 Å². The highest BCUT2D eigenvalue weighted by molar-refractivity contribution is 5.05. The number of aliphatic hydroxyl groups is 1. The van der Waals surface area contributed by atoms with Crippen LogP contribution in [-0.2, 0) is 4.74 Å². The number of hydrogen-bond donors (Lipinski definition) is 2. The van der Waals surface area contributed by atoms with Gasteiger partial charge in [0.2, 0.25) is 0 Å². The third-order valence-corrected chi connectivity index (χ3v) is 5.79. The molecule has 0 aromatic heterocycles. The maximum Gasteiger partial charge on any atom is 0.0658 e. The molecular weight excluding hydrogens is 238 g/mol. The molecule has 0 aliphatic heterocycles. The van der Waals surface area contributed by atoms with Crippen molar-refractivity contribution in [2.75, 3.05) is 19.8 Å². The molecule has 2 fully saturated rings. The van der Waals surface area contributed by atoms with Crippen molar-refractivity contribution in [3.05, 3.63) is 0 Å². The fourth-order valence-corrected chi connectivity index (χ4v) is 3.98. The predicted octanol–water partition coefficient (Wildman–Crippen LogP) is 2.58. The zero-order valence-electron chi connectivity index (χ0n) is 12.8. The van der Waals surface area contributed by atoms with Gasteiger partial charge < -0.3 is 15.2 Å². The second-order valence-electron chi connectivity index (χ2n) is 6.63. The normalized spacial score (nSPS) is 42.3. The number of rotatable bonds is 7. The third-order valence-electron chi connectivity index (χ3n) is 5.79. The average molecular weight is 269 g/mol. The molecule has 112 valence electrons. The molecule has 0 bridgehead atoms. The van der Waals surface area contributed by atoms with E-state index >= 15 is 0 Å². The summed E-state index contributed by atoms with van der Waals surface area (Å²) in [6, 6.07) is 0.592. The standard InChI is InChI=1S/C16H31NO2/c1-4-16(3)14(9-15(16)19-5-2)17-10-12-7-6-8-13(12)11-18/h12-15,17-18H,4-11H2,1-3H3. The molecule has 0 aromatic carbocycles. The summed E-state index contributed by atoms with van der Waals surface area (Å²) in [5, 5.41) is 13.2. The van der Waals surface area contributed by atoms with E-state index in [1.807, 2.05) is 0 Å². The topological polar surface area (TPSA) is 41.5 Å². The van der Waals surface area contributed by atoms with Crippen molar-refractivity contribution in [2.45, 2.75) is 65.0 Å². The lowest BCUT2D eigenvalue weighted by atomic mass is 9.61. The van der Waals surface area contributed by atoms with Gasteiger partial charge in [0.1, 0.15) is 0 Å². The summed E-state index contributed by atoms with van der Waals surface area (Å²) < 4.78 is 5.85. The SMILES string of the molecule is CCOC1CC(NCC2CCCC2CO)C1(C)CC. The van der Waals surface area contributed by atoms with Crippen molar-refractivity contribution in [3.8, 4) is 0 Å². The molecule has 2 rings (SSSR count). The van der Waals surface area contributed by atoms with E-state index < -0.39 is 0 Å². The van der Waals surface area contributed by atoms with E-state index in [1.54, 1.807) is 0 Å². The van der Waals surface area contributed by atoms with Crippen LogP contribution in [0, 0.1) is 17.3 Å². The Labute approximate surface area is 118 Å². The molecule has 0 heterocycles. The van der Waals surface area contributed by atoms with Crippen molar-refractivity contribution in [3.63, 3.8) is 0 Å². The van der Waals surface area contributed by atoms with Gasteiger partial charge in [0.15, 0.2) is 0 Å². The number of ether oxygens (including phenoxy) is 1. The molecular formula is C16H31NO2. The molecule has 0 spiro atoms. The summed E-state index contributed by atoms with van der Waals surface area (Å²) in [6.07, 6.45) is 6.52. The van der Waals surface area contributed by atoms with Crippen LogP contribution in [0.25, 0.3) is 0 Å². The van der Waals surface area contributed by atoms with Crippen LogP contribution >= 0.6 is 0 Å². The zero-order chi connectivity index (χ0) is 13.9. The fourth-order valence-electron chi connectivity index (χ4n) is 3.98. The van der Waals surface area contributed by atoms with E-state index in [0.29, 0.717) is 36.0 Å². The monoisotopic (exact) mass is 269 g/mol. The molecule has 3 heteroatoms. The predicted molar refractivity (Wildman–Crippen MR) is 78.1 cm³/mol. The molecule has 0 amide bonds. The first-order chi connectivity index (χ1) is 9.15. The van der Waals surface area contributed by atoms with Crippen molar-refractivity contribution in [2.24, 2.45) is 17.3 Å². The van der Waals surface area contributed by atoms with Gasteiger partial charge in [0.25, 0.3) is 0 Å². The maximum absolute atomic E-state index is 9.39. The quantitative estimate of drug-likeness (QED) is 0.746. The van der Waals surface area contributed by atoms with Crippen LogP contribution in [0.15, 0.2) is 0 Å². The van der Waals surface area contributed by atoms with Crippen LogP contribution in [-0.4, -0.2) is 37.0 Å². The van der Waals surface area contributed by atoms with E-state index in [1.165, 1.54) is 25.7 Å². The molecule has 2 saturated carbocycles. The van der Waals surface area contributed by atoms with Crippen molar-refractivity contribution >= 4 is 0 Å². The van der Waals surface area contributed by atoms with E-state index in [4.69, 9.17) is 4.74 Å². The minimum Gasteiger partial charge on any atom is -0.396 e. The van der Waals surface area contributed by atoms with Crippen LogP contribution < -0.4 is 5.32 Å². The molecule has 3 nitrogen and oxygen atoms in total. The van der Waals surface area contributed by atoms with E-state index in [0.717, 1.165) is 19.6 Å². The van der Waals surface area contributed by atoms with Gasteiger partial charge in [-0.25, -0.2) is 0 Å². The lowest BCUT2D eigenvalue weighted by Gasteiger charge is -2.54. The largest absolute Gasteiger partial charge is 0.396 e. The van der Waals surface area contributed by atoms with Gasteiger partial charge in [-0.3, -0.25) is 0 Å². The summed E-state index contributed by atoms with van der Waals surface area (Å²) >= 11 is 0. The van der Waals surface area contributed by atoms with Crippen LogP contribution in [0.5, 0.6) is 0 Å². The third kappa shape index (κ3) is 2.98. The molecule has 0 aromatic rings. The molecule has 2 aliphatic rings. The van der Waals surface area contributed by atoms with E-state index in [-0.39, 0.29) is 0 Å². The summed E-state index contributed by atoms with van der Waals surface area (Å²) in [7, 11) is 0. The minimum atomic E-state index is 0.295. The molecule has 0 saturated heterocycles. The molecule has 2 N–H and O–H groups in total. The molecule has 5 unspecified atom stereocenters. The number of nitrogens with one attached hydrogen (secondary N) is 1. The van der Waals surface area contributed by atoms with Crippen LogP contribution in [0.2, 0.25) is 0 Å². The summed E-state index contributed by atoms with van der Waals surface area (Å²) in [5.74, 6) is 1.21. The summed E-state index contributed by atoms with van der Waals surface area (Å²) in [4.78, 5) is 0. The molecule has 2 aliphatic carbocycles. The van der Waals surface area contributed by atoms with Crippen LogP contribution in [0.4, 0.5) is 0 Å². The van der Waals surface area contributed by atoms with E-state index in [9.17, 15) is 5.11 Å². The lowest BCUT2D eigenvalue weighted by molar-refractivity contribution is -0.126. The first kappa shape index (κ1) is 15.3. The van der Waals surface area contributed by atoms with E-state index in [2.05, 4.69) is 26.1 Å². The highest BCUT2D eigenvalue weighted by Gasteiger charge is 2.50. The second kappa shape index (κ2) is 6.55. The Balaban J connectivity index is 1.80. The number of hydrogen-bond acceptors (Lipinski definition) is 3. The van der Waals surface area contributed by atoms with Gasteiger partial charge in [0.05, 0.1) is 6.10 Å². The zero-order valence-corrected chi connectivity index (χ0v) is 12.8. The average Bonchev–Trinajstić information content (AvgIpc) is 2.88. The summed E-state index contributed by atoms with van der Waals surface area (Å²) in [6.45, 7) is 8.97. The minimum absolute atomic E-state index is 0.295. The Morgan fingerprint density at radius 2 is 2.00 bits per heavy atom. The van der Waals surface area contributed by atoms with Crippen molar-refractivity contribution < 1.29 is 9.84 Å². The van der Waals surface area contributed by atoms with Gasteiger partial charge >= 0.3 is 0 Å². The van der Waals surface area contributed by atoms with Gasteiger partial charge in [0, 0.05) is 24.7 Å². The second-order valence-corrected chi connectivity index (χ2v) is 6.63.